The van der Waals surface area contributed by atoms with Crippen LogP contribution in [0.5, 0.6) is 11.5 Å². The van der Waals surface area contributed by atoms with Crippen molar-refractivity contribution < 1.29 is 14.6 Å². The van der Waals surface area contributed by atoms with Crippen molar-refractivity contribution in [3.05, 3.63) is 23.3 Å². The molecule has 3 nitrogen and oxygen atoms in total. The largest absolute Gasteiger partial charge is 0.454 e. The van der Waals surface area contributed by atoms with Crippen LogP contribution in [-0.2, 0) is 6.42 Å². The van der Waals surface area contributed by atoms with E-state index in [1.54, 1.807) is 6.92 Å². The van der Waals surface area contributed by atoms with Crippen LogP contribution in [0.4, 0.5) is 0 Å². The monoisotopic (exact) mass is 194 g/mol. The van der Waals surface area contributed by atoms with Crippen LogP contribution in [0.25, 0.3) is 0 Å². The highest BCUT2D eigenvalue weighted by Gasteiger charge is 2.20. The van der Waals surface area contributed by atoms with Gasteiger partial charge >= 0.3 is 0 Å². The first-order valence-corrected chi connectivity index (χ1v) is 4.83. The molecule has 2 rings (SSSR count). The van der Waals surface area contributed by atoms with Gasteiger partial charge in [-0.2, -0.15) is 0 Å². The van der Waals surface area contributed by atoms with E-state index in [1.165, 1.54) is 0 Å². The van der Waals surface area contributed by atoms with Gasteiger partial charge in [0.05, 0.1) is 6.10 Å². The molecule has 1 atom stereocenters. The van der Waals surface area contributed by atoms with Gasteiger partial charge in [-0.1, -0.05) is 13.0 Å². The molecule has 0 saturated heterocycles. The molecule has 1 aromatic rings. The first-order valence-electron chi connectivity index (χ1n) is 4.83. The first kappa shape index (κ1) is 9.34. The van der Waals surface area contributed by atoms with Gasteiger partial charge in [-0.05, 0) is 25.0 Å². The molecule has 1 heterocycles. The second-order valence-electron chi connectivity index (χ2n) is 3.40. The van der Waals surface area contributed by atoms with Crippen LogP contribution in [0.1, 0.15) is 31.1 Å². The summed E-state index contributed by atoms with van der Waals surface area (Å²) in [7, 11) is 0. The van der Waals surface area contributed by atoms with Gasteiger partial charge in [0.1, 0.15) is 0 Å². The standard InChI is InChI=1S/C11H14O3/c1-3-8-9(7(2)12)4-5-10-11(8)14-6-13-10/h4-5,7,12H,3,6H2,1-2H3. The molecule has 1 N–H and O–H groups in total. The van der Waals surface area contributed by atoms with E-state index < -0.39 is 6.10 Å². The normalized spacial score (nSPS) is 15.6. The molecule has 0 bridgehead atoms. The molecule has 0 radical (unpaired) electrons. The maximum absolute atomic E-state index is 9.57. The molecule has 0 amide bonds. The topological polar surface area (TPSA) is 38.7 Å². The minimum absolute atomic E-state index is 0.283. The fourth-order valence-electron chi connectivity index (χ4n) is 1.80. The fourth-order valence-corrected chi connectivity index (χ4v) is 1.80. The molecular formula is C11H14O3. The zero-order chi connectivity index (χ0) is 10.1. The van der Waals surface area contributed by atoms with Gasteiger partial charge in [0.15, 0.2) is 11.5 Å². The Morgan fingerprint density at radius 2 is 2.21 bits per heavy atom. The number of hydrogen-bond donors (Lipinski definition) is 1. The Hall–Kier alpha value is -1.22. The lowest BCUT2D eigenvalue weighted by Crippen LogP contribution is -1.99. The molecule has 1 aromatic carbocycles. The first-order chi connectivity index (χ1) is 6.74. The molecule has 1 aliphatic rings. The Bertz CT molecular complexity index is 345. The predicted molar refractivity (Wildman–Crippen MR) is 52.6 cm³/mol. The zero-order valence-corrected chi connectivity index (χ0v) is 8.41. The average molecular weight is 194 g/mol. The van der Waals surface area contributed by atoms with Gasteiger partial charge in [0.2, 0.25) is 6.79 Å². The quantitative estimate of drug-likeness (QED) is 0.782. The highest BCUT2D eigenvalue weighted by atomic mass is 16.7. The third kappa shape index (κ3) is 1.34. The van der Waals surface area contributed by atoms with E-state index in [0.717, 1.165) is 29.0 Å². The van der Waals surface area contributed by atoms with Crippen LogP contribution in [0, 0.1) is 0 Å². The lowest BCUT2D eigenvalue weighted by molar-refractivity contribution is 0.172. The van der Waals surface area contributed by atoms with Crippen molar-refractivity contribution in [2.45, 2.75) is 26.4 Å². The van der Waals surface area contributed by atoms with Crippen LogP contribution in [-0.4, -0.2) is 11.9 Å². The summed E-state index contributed by atoms with van der Waals surface area (Å²) in [5.41, 5.74) is 1.98. The highest BCUT2D eigenvalue weighted by Crippen LogP contribution is 2.39. The second-order valence-corrected chi connectivity index (χ2v) is 3.40. The van der Waals surface area contributed by atoms with Crippen molar-refractivity contribution in [1.82, 2.24) is 0 Å². The van der Waals surface area contributed by atoms with E-state index in [-0.39, 0.29) is 6.79 Å². The summed E-state index contributed by atoms with van der Waals surface area (Å²) in [5.74, 6) is 1.58. The van der Waals surface area contributed by atoms with E-state index in [9.17, 15) is 5.11 Å². The number of ether oxygens (including phenoxy) is 2. The van der Waals surface area contributed by atoms with Gasteiger partial charge in [-0.25, -0.2) is 0 Å². The molecule has 76 valence electrons. The van der Waals surface area contributed by atoms with Gasteiger partial charge in [0, 0.05) is 5.56 Å². The SMILES string of the molecule is CCc1c(C(C)O)ccc2c1OCO2. The molecule has 0 saturated carbocycles. The summed E-state index contributed by atoms with van der Waals surface area (Å²) in [6.07, 6.45) is 0.381. The number of fused-ring (bicyclic) bond motifs is 1. The van der Waals surface area contributed by atoms with Gasteiger partial charge in [-0.15, -0.1) is 0 Å². The van der Waals surface area contributed by atoms with Crippen molar-refractivity contribution in [2.75, 3.05) is 6.79 Å². The summed E-state index contributed by atoms with van der Waals surface area (Å²) in [5, 5.41) is 9.57. The number of aliphatic hydroxyl groups is 1. The van der Waals surface area contributed by atoms with Gasteiger partial charge in [-0.3, -0.25) is 0 Å². The van der Waals surface area contributed by atoms with E-state index >= 15 is 0 Å². The van der Waals surface area contributed by atoms with Crippen molar-refractivity contribution in [3.8, 4) is 11.5 Å². The summed E-state index contributed by atoms with van der Waals surface area (Å²) in [6, 6.07) is 3.75. The fraction of sp³-hybridized carbons (Fsp3) is 0.455. The van der Waals surface area contributed by atoms with Crippen molar-refractivity contribution in [1.29, 1.82) is 0 Å². The number of hydrogen-bond acceptors (Lipinski definition) is 3. The minimum atomic E-state index is -0.459. The Balaban J connectivity index is 2.54. The van der Waals surface area contributed by atoms with Crippen LogP contribution in [0.2, 0.25) is 0 Å². The van der Waals surface area contributed by atoms with Crippen LogP contribution in [0.3, 0.4) is 0 Å². The van der Waals surface area contributed by atoms with E-state index in [0.29, 0.717) is 0 Å². The third-order valence-electron chi connectivity index (χ3n) is 2.48. The van der Waals surface area contributed by atoms with Crippen LogP contribution < -0.4 is 9.47 Å². The Morgan fingerprint density at radius 3 is 2.86 bits per heavy atom. The van der Waals surface area contributed by atoms with Crippen molar-refractivity contribution >= 4 is 0 Å². The number of aliphatic hydroxyl groups excluding tert-OH is 1. The van der Waals surface area contributed by atoms with E-state index in [4.69, 9.17) is 9.47 Å². The number of rotatable bonds is 2. The maximum Gasteiger partial charge on any atom is 0.231 e. The Morgan fingerprint density at radius 1 is 1.43 bits per heavy atom. The van der Waals surface area contributed by atoms with E-state index in [1.807, 2.05) is 19.1 Å². The average Bonchev–Trinajstić information content (AvgIpc) is 2.63. The Labute approximate surface area is 83.3 Å². The van der Waals surface area contributed by atoms with Gasteiger partial charge < -0.3 is 14.6 Å². The summed E-state index contributed by atoms with van der Waals surface area (Å²) >= 11 is 0. The molecule has 1 aliphatic heterocycles. The third-order valence-corrected chi connectivity index (χ3v) is 2.48. The molecule has 14 heavy (non-hydrogen) atoms. The summed E-state index contributed by atoms with van der Waals surface area (Å²) in [4.78, 5) is 0. The molecular weight excluding hydrogens is 180 g/mol. The highest BCUT2D eigenvalue weighted by molar-refractivity contribution is 5.52. The van der Waals surface area contributed by atoms with Crippen molar-refractivity contribution in [3.63, 3.8) is 0 Å². The summed E-state index contributed by atoms with van der Waals surface area (Å²) in [6.45, 7) is 4.09. The molecule has 0 spiro atoms. The van der Waals surface area contributed by atoms with Crippen molar-refractivity contribution in [2.24, 2.45) is 0 Å². The van der Waals surface area contributed by atoms with Crippen LogP contribution in [0.15, 0.2) is 12.1 Å². The second kappa shape index (κ2) is 3.50. The molecule has 0 aliphatic carbocycles. The minimum Gasteiger partial charge on any atom is -0.454 e. The summed E-state index contributed by atoms with van der Waals surface area (Å²) < 4.78 is 10.6. The Kier molecular flexibility index (Phi) is 2.33. The molecule has 1 unspecified atom stereocenters. The van der Waals surface area contributed by atoms with Gasteiger partial charge in [0.25, 0.3) is 0 Å². The number of benzene rings is 1. The lowest BCUT2D eigenvalue weighted by atomic mass is 10.00. The maximum atomic E-state index is 9.57. The van der Waals surface area contributed by atoms with E-state index in [2.05, 4.69) is 0 Å². The molecule has 0 aromatic heterocycles. The predicted octanol–water partition coefficient (Wildman–Crippen LogP) is 2.03. The molecule has 3 heteroatoms. The smallest absolute Gasteiger partial charge is 0.231 e. The molecule has 0 fully saturated rings. The van der Waals surface area contributed by atoms with Crippen LogP contribution >= 0.6 is 0 Å². The zero-order valence-electron chi connectivity index (χ0n) is 8.41. The lowest BCUT2D eigenvalue weighted by Gasteiger charge is -2.12.